The second-order valence-corrected chi connectivity index (χ2v) is 5.82. The standard InChI is InChI=1S/C20H21N3O/c1-3-15(2)23-19(13-14-21-23)22-20(24)18-11-9-17(10-12-18)16-7-5-4-6-8-16/h4-15H,3H2,1-2H3,(H,22,24). The maximum Gasteiger partial charge on any atom is 0.256 e. The van der Waals surface area contributed by atoms with Crippen LogP contribution in [0.4, 0.5) is 5.82 Å². The summed E-state index contributed by atoms with van der Waals surface area (Å²) in [5, 5.41) is 7.23. The summed E-state index contributed by atoms with van der Waals surface area (Å²) in [6, 6.07) is 19.8. The van der Waals surface area contributed by atoms with Crippen LogP contribution >= 0.6 is 0 Å². The molecular formula is C20H21N3O. The van der Waals surface area contributed by atoms with Crippen molar-refractivity contribution in [3.63, 3.8) is 0 Å². The van der Waals surface area contributed by atoms with Gasteiger partial charge in [-0.15, -0.1) is 0 Å². The molecule has 1 N–H and O–H groups in total. The highest BCUT2D eigenvalue weighted by Gasteiger charge is 2.12. The Bertz CT molecular complexity index is 806. The molecule has 0 radical (unpaired) electrons. The first-order valence-corrected chi connectivity index (χ1v) is 8.19. The van der Waals surface area contributed by atoms with E-state index in [1.54, 1.807) is 6.20 Å². The van der Waals surface area contributed by atoms with Gasteiger partial charge < -0.3 is 5.32 Å². The van der Waals surface area contributed by atoms with Crippen LogP contribution in [0.25, 0.3) is 11.1 Å². The summed E-state index contributed by atoms with van der Waals surface area (Å²) in [6.07, 6.45) is 2.66. The Balaban J connectivity index is 1.75. The molecule has 2 aromatic carbocycles. The molecule has 122 valence electrons. The summed E-state index contributed by atoms with van der Waals surface area (Å²) >= 11 is 0. The maximum absolute atomic E-state index is 12.5. The summed E-state index contributed by atoms with van der Waals surface area (Å²) in [4.78, 5) is 12.5. The van der Waals surface area contributed by atoms with Gasteiger partial charge in [0.25, 0.3) is 5.91 Å². The third-order valence-electron chi connectivity index (χ3n) is 4.17. The molecule has 1 atom stereocenters. The van der Waals surface area contributed by atoms with Gasteiger partial charge in [-0.1, -0.05) is 49.4 Å². The van der Waals surface area contributed by atoms with Crippen molar-refractivity contribution < 1.29 is 4.79 Å². The van der Waals surface area contributed by atoms with Gasteiger partial charge in [-0.05, 0) is 36.6 Å². The third kappa shape index (κ3) is 3.38. The summed E-state index contributed by atoms with van der Waals surface area (Å²) in [6.45, 7) is 4.18. The van der Waals surface area contributed by atoms with Crippen LogP contribution in [0.15, 0.2) is 66.9 Å². The zero-order valence-corrected chi connectivity index (χ0v) is 13.9. The molecule has 0 aliphatic heterocycles. The average Bonchev–Trinajstić information content (AvgIpc) is 3.10. The summed E-state index contributed by atoms with van der Waals surface area (Å²) in [7, 11) is 0. The SMILES string of the molecule is CCC(C)n1nccc1NC(=O)c1ccc(-c2ccccc2)cc1. The van der Waals surface area contributed by atoms with Crippen LogP contribution < -0.4 is 5.32 Å². The second kappa shape index (κ2) is 7.13. The number of aromatic nitrogens is 2. The Hall–Kier alpha value is -2.88. The fourth-order valence-electron chi connectivity index (χ4n) is 2.57. The van der Waals surface area contributed by atoms with Gasteiger partial charge in [-0.25, -0.2) is 4.68 Å². The summed E-state index contributed by atoms with van der Waals surface area (Å²) in [5.74, 6) is 0.598. The minimum absolute atomic E-state index is 0.125. The third-order valence-corrected chi connectivity index (χ3v) is 4.17. The van der Waals surface area contributed by atoms with E-state index in [0.717, 1.165) is 23.4 Å². The van der Waals surface area contributed by atoms with Gasteiger partial charge in [0.1, 0.15) is 5.82 Å². The molecule has 0 spiro atoms. The van der Waals surface area contributed by atoms with Gasteiger partial charge in [0.15, 0.2) is 0 Å². The van der Waals surface area contributed by atoms with Crippen LogP contribution in [0.1, 0.15) is 36.7 Å². The number of rotatable bonds is 5. The number of hydrogen-bond acceptors (Lipinski definition) is 2. The van der Waals surface area contributed by atoms with Crippen molar-refractivity contribution in [1.29, 1.82) is 0 Å². The molecule has 4 nitrogen and oxygen atoms in total. The molecule has 0 saturated heterocycles. The number of carbonyl (C=O) groups is 1. The fraction of sp³-hybridized carbons (Fsp3) is 0.200. The number of anilines is 1. The van der Waals surface area contributed by atoms with Crippen molar-refractivity contribution >= 4 is 11.7 Å². The summed E-state index contributed by atoms with van der Waals surface area (Å²) in [5.41, 5.74) is 2.86. The van der Waals surface area contributed by atoms with Crippen molar-refractivity contribution in [2.45, 2.75) is 26.3 Å². The number of nitrogens with zero attached hydrogens (tertiary/aromatic N) is 2. The zero-order valence-electron chi connectivity index (χ0n) is 13.9. The Morgan fingerprint density at radius 1 is 1.04 bits per heavy atom. The highest BCUT2D eigenvalue weighted by atomic mass is 16.1. The molecule has 4 heteroatoms. The van der Waals surface area contributed by atoms with Gasteiger partial charge in [-0.2, -0.15) is 5.10 Å². The number of hydrogen-bond donors (Lipinski definition) is 1. The van der Waals surface area contributed by atoms with E-state index in [-0.39, 0.29) is 11.9 Å². The van der Waals surface area contributed by atoms with Crippen molar-refractivity contribution in [1.82, 2.24) is 9.78 Å². The molecule has 1 aromatic heterocycles. The largest absolute Gasteiger partial charge is 0.307 e. The van der Waals surface area contributed by atoms with Crippen LogP contribution in [0.2, 0.25) is 0 Å². The van der Waals surface area contributed by atoms with Crippen LogP contribution in [0, 0.1) is 0 Å². The molecule has 0 fully saturated rings. The maximum atomic E-state index is 12.5. The molecule has 24 heavy (non-hydrogen) atoms. The first-order valence-electron chi connectivity index (χ1n) is 8.19. The van der Waals surface area contributed by atoms with Crippen LogP contribution in [-0.2, 0) is 0 Å². The first kappa shape index (κ1) is 16.0. The smallest absolute Gasteiger partial charge is 0.256 e. The van der Waals surface area contributed by atoms with Gasteiger partial charge >= 0.3 is 0 Å². The second-order valence-electron chi connectivity index (χ2n) is 5.82. The normalized spacial score (nSPS) is 11.9. The number of amides is 1. The molecule has 0 aliphatic carbocycles. The predicted octanol–water partition coefficient (Wildman–Crippen LogP) is 4.77. The van der Waals surface area contributed by atoms with Gasteiger partial charge in [0.2, 0.25) is 0 Å². The Morgan fingerprint density at radius 2 is 1.71 bits per heavy atom. The molecule has 1 unspecified atom stereocenters. The fourth-order valence-corrected chi connectivity index (χ4v) is 2.57. The lowest BCUT2D eigenvalue weighted by Crippen LogP contribution is -2.17. The van der Waals surface area contributed by atoms with E-state index in [2.05, 4.69) is 36.4 Å². The van der Waals surface area contributed by atoms with Gasteiger partial charge in [0, 0.05) is 11.6 Å². The minimum atomic E-state index is -0.125. The number of benzene rings is 2. The van der Waals surface area contributed by atoms with E-state index in [1.165, 1.54) is 0 Å². The van der Waals surface area contributed by atoms with Gasteiger partial charge in [0.05, 0.1) is 12.2 Å². The van der Waals surface area contributed by atoms with E-state index in [0.29, 0.717) is 5.56 Å². The number of carbonyl (C=O) groups excluding carboxylic acids is 1. The molecule has 1 amide bonds. The average molecular weight is 319 g/mol. The first-order chi connectivity index (χ1) is 11.7. The van der Waals surface area contributed by atoms with E-state index >= 15 is 0 Å². The highest BCUT2D eigenvalue weighted by Crippen LogP contribution is 2.21. The lowest BCUT2D eigenvalue weighted by atomic mass is 10.0. The lowest BCUT2D eigenvalue weighted by molar-refractivity contribution is 0.102. The van der Waals surface area contributed by atoms with Crippen LogP contribution in [0.3, 0.4) is 0 Å². The molecule has 3 aromatic rings. The molecular weight excluding hydrogens is 298 g/mol. The Labute approximate surface area is 142 Å². The topological polar surface area (TPSA) is 46.9 Å². The van der Waals surface area contributed by atoms with E-state index in [9.17, 15) is 4.79 Å². The van der Waals surface area contributed by atoms with E-state index in [1.807, 2.05) is 53.2 Å². The van der Waals surface area contributed by atoms with Crippen LogP contribution in [0.5, 0.6) is 0 Å². The quantitative estimate of drug-likeness (QED) is 0.736. The zero-order chi connectivity index (χ0) is 16.9. The van der Waals surface area contributed by atoms with Crippen molar-refractivity contribution in [2.24, 2.45) is 0 Å². The molecule has 3 rings (SSSR count). The predicted molar refractivity (Wildman–Crippen MR) is 97.1 cm³/mol. The Kier molecular flexibility index (Phi) is 4.75. The van der Waals surface area contributed by atoms with Crippen LogP contribution in [-0.4, -0.2) is 15.7 Å². The minimum Gasteiger partial charge on any atom is -0.307 e. The monoisotopic (exact) mass is 319 g/mol. The van der Waals surface area contributed by atoms with E-state index < -0.39 is 0 Å². The molecule has 0 saturated carbocycles. The Morgan fingerprint density at radius 3 is 2.38 bits per heavy atom. The van der Waals surface area contributed by atoms with Crippen molar-refractivity contribution in [3.8, 4) is 11.1 Å². The summed E-state index contributed by atoms with van der Waals surface area (Å²) < 4.78 is 1.84. The highest BCUT2D eigenvalue weighted by molar-refractivity contribution is 6.04. The van der Waals surface area contributed by atoms with Crippen molar-refractivity contribution in [3.05, 3.63) is 72.4 Å². The molecule has 0 bridgehead atoms. The van der Waals surface area contributed by atoms with Gasteiger partial charge in [-0.3, -0.25) is 4.79 Å². The molecule has 1 heterocycles. The number of nitrogens with one attached hydrogen (secondary N) is 1. The van der Waals surface area contributed by atoms with E-state index in [4.69, 9.17) is 0 Å². The molecule has 0 aliphatic rings. The van der Waals surface area contributed by atoms with Crippen molar-refractivity contribution in [2.75, 3.05) is 5.32 Å². The lowest BCUT2D eigenvalue weighted by Gasteiger charge is -2.14.